The predicted molar refractivity (Wildman–Crippen MR) is 122 cm³/mol. The van der Waals surface area contributed by atoms with Crippen molar-refractivity contribution in [2.24, 2.45) is 0 Å². The maximum absolute atomic E-state index is 11.4. The SMILES string of the molecule is [2H]c1c([2H])c(-c2nc(SCc3cccc(CCC(=O)O)n3)nc(N)c2[N+]#[C-])c([2H])c([2H])c1NC(C)=O. The molecule has 0 aliphatic rings. The molecular weight excluding hydrogens is 428 g/mol. The van der Waals surface area contributed by atoms with Gasteiger partial charge in [-0.15, -0.1) is 0 Å². The third-order valence-corrected chi connectivity index (χ3v) is 4.85. The fourth-order valence-corrected chi connectivity index (χ4v) is 3.35. The Morgan fingerprint density at radius 2 is 1.94 bits per heavy atom. The molecule has 2 heterocycles. The summed E-state index contributed by atoms with van der Waals surface area (Å²) in [6, 6.07) is 3.25. The molecule has 1 aromatic carbocycles. The Balaban J connectivity index is 2.01. The molecule has 0 bridgehead atoms. The van der Waals surface area contributed by atoms with Crippen LogP contribution in [0.1, 0.15) is 30.2 Å². The van der Waals surface area contributed by atoms with Crippen molar-refractivity contribution >= 4 is 40.8 Å². The summed E-state index contributed by atoms with van der Waals surface area (Å²) in [5.41, 5.74) is 6.32. The Morgan fingerprint density at radius 1 is 1.22 bits per heavy atom. The number of carboxylic acid groups (broad SMARTS) is 1. The number of carboxylic acids is 1. The van der Waals surface area contributed by atoms with Gasteiger partial charge >= 0.3 is 5.97 Å². The van der Waals surface area contributed by atoms with Gasteiger partial charge in [0.05, 0.1) is 29.9 Å². The molecule has 3 rings (SSSR count). The lowest BCUT2D eigenvalue weighted by molar-refractivity contribution is -0.137. The van der Waals surface area contributed by atoms with Crippen molar-refractivity contribution in [3.63, 3.8) is 0 Å². The normalized spacial score (nSPS) is 12.1. The molecule has 10 heteroatoms. The second kappa shape index (κ2) is 10.4. The maximum atomic E-state index is 11.4. The van der Waals surface area contributed by atoms with Gasteiger partial charge in [-0.2, -0.15) is 0 Å². The van der Waals surface area contributed by atoms with Crippen LogP contribution in [-0.4, -0.2) is 31.9 Å². The summed E-state index contributed by atoms with van der Waals surface area (Å²) in [5.74, 6) is -1.39. The van der Waals surface area contributed by atoms with Gasteiger partial charge in [0.15, 0.2) is 5.16 Å². The van der Waals surface area contributed by atoms with E-state index in [0.717, 1.165) is 11.8 Å². The zero-order valence-corrected chi connectivity index (χ0v) is 17.7. The summed E-state index contributed by atoms with van der Waals surface area (Å²) in [6.07, 6.45) is 0.228. The van der Waals surface area contributed by atoms with E-state index in [-0.39, 0.29) is 52.2 Å². The number of aliphatic carboxylic acids is 1. The number of aryl methyl sites for hydroxylation is 1. The number of rotatable bonds is 8. The number of amides is 1. The number of pyridine rings is 1. The van der Waals surface area contributed by atoms with Crippen LogP contribution >= 0.6 is 11.8 Å². The first-order valence-electron chi connectivity index (χ1n) is 11.3. The van der Waals surface area contributed by atoms with Gasteiger partial charge in [-0.05, 0) is 29.8 Å². The summed E-state index contributed by atoms with van der Waals surface area (Å²) in [5, 5.41) is 11.3. The second-order valence-electron chi connectivity index (χ2n) is 6.43. The van der Waals surface area contributed by atoms with E-state index in [4.69, 9.17) is 22.9 Å². The van der Waals surface area contributed by atoms with Crippen LogP contribution in [-0.2, 0) is 21.8 Å². The molecule has 0 saturated heterocycles. The summed E-state index contributed by atoms with van der Waals surface area (Å²) in [6.45, 7) is 8.67. The van der Waals surface area contributed by atoms with E-state index in [1.54, 1.807) is 18.2 Å². The average molecular weight is 453 g/mol. The molecule has 3 aromatic rings. The Bertz CT molecular complexity index is 1380. The maximum Gasteiger partial charge on any atom is 0.303 e. The van der Waals surface area contributed by atoms with Crippen LogP contribution < -0.4 is 11.1 Å². The van der Waals surface area contributed by atoms with Gasteiger partial charge in [-0.1, -0.05) is 29.9 Å². The first-order valence-corrected chi connectivity index (χ1v) is 10.2. The Hall–Kier alpha value is -3.97. The van der Waals surface area contributed by atoms with Crippen LogP contribution in [0, 0.1) is 6.57 Å². The van der Waals surface area contributed by atoms with Gasteiger partial charge < -0.3 is 16.2 Å². The largest absolute Gasteiger partial charge is 0.481 e. The molecule has 0 spiro atoms. The van der Waals surface area contributed by atoms with Crippen molar-refractivity contribution in [3.8, 4) is 11.3 Å². The lowest BCUT2D eigenvalue weighted by Crippen LogP contribution is -2.05. The fraction of sp³-hybridized carbons (Fsp3) is 0.182. The summed E-state index contributed by atoms with van der Waals surface area (Å²) >= 11 is 1.12. The van der Waals surface area contributed by atoms with Crippen LogP contribution in [0.25, 0.3) is 16.1 Å². The van der Waals surface area contributed by atoms with Crippen LogP contribution in [0.15, 0.2) is 47.5 Å². The van der Waals surface area contributed by atoms with E-state index in [9.17, 15) is 9.59 Å². The third kappa shape index (κ3) is 6.02. The van der Waals surface area contributed by atoms with E-state index < -0.39 is 36.0 Å². The Labute approximate surface area is 194 Å². The van der Waals surface area contributed by atoms with Crippen molar-refractivity contribution in [1.82, 2.24) is 15.0 Å². The molecule has 0 radical (unpaired) electrons. The molecule has 4 N–H and O–H groups in total. The van der Waals surface area contributed by atoms with Crippen molar-refractivity contribution in [1.29, 1.82) is 0 Å². The van der Waals surface area contributed by atoms with Gasteiger partial charge in [-0.25, -0.2) is 14.8 Å². The fourth-order valence-electron chi connectivity index (χ4n) is 2.59. The van der Waals surface area contributed by atoms with Crippen molar-refractivity contribution in [3.05, 3.63) is 65.2 Å². The number of nitrogen functional groups attached to an aromatic ring is 1. The lowest BCUT2D eigenvalue weighted by atomic mass is 10.1. The van der Waals surface area contributed by atoms with Crippen molar-refractivity contribution in [2.45, 2.75) is 30.7 Å². The van der Waals surface area contributed by atoms with Crippen LogP contribution in [0.4, 0.5) is 17.2 Å². The number of nitrogens with two attached hydrogens (primary N) is 1. The quantitative estimate of drug-likeness (QED) is 0.266. The highest BCUT2D eigenvalue weighted by Crippen LogP contribution is 2.35. The predicted octanol–water partition coefficient (Wildman–Crippen LogP) is 3.94. The number of hydrogen-bond donors (Lipinski definition) is 3. The number of carbonyl (C=O) groups excluding carboxylic acids is 1. The minimum absolute atomic E-state index is 0.0493. The van der Waals surface area contributed by atoms with Crippen LogP contribution in [0.2, 0.25) is 0 Å². The number of nitrogens with zero attached hydrogens (tertiary/aromatic N) is 4. The van der Waals surface area contributed by atoms with E-state index in [2.05, 4.69) is 25.1 Å². The van der Waals surface area contributed by atoms with Gasteiger partial charge in [0.25, 0.3) is 5.69 Å². The summed E-state index contributed by atoms with van der Waals surface area (Å²) < 4.78 is 33.2. The average Bonchev–Trinajstić information content (AvgIpc) is 2.83. The molecule has 0 aliphatic carbocycles. The Kier molecular flexibility index (Phi) is 5.73. The smallest absolute Gasteiger partial charge is 0.303 e. The standard InChI is InChI=1S/C22H20N6O3S/c1-13(29)25-16-8-6-14(7-9-16)19-20(24-2)21(23)28-22(27-19)32-12-17-5-3-4-15(26-17)10-11-18(30)31/h3-9H,10-12H2,1H3,(H,25,29)(H,30,31)(H2,23,27,28)/i6D,7D,8D,9D. The van der Waals surface area contributed by atoms with E-state index in [0.29, 0.717) is 11.4 Å². The number of anilines is 2. The minimum atomic E-state index is -0.924. The second-order valence-corrected chi connectivity index (χ2v) is 7.38. The lowest BCUT2D eigenvalue weighted by Gasteiger charge is -2.10. The van der Waals surface area contributed by atoms with Gasteiger partial charge in [-0.3, -0.25) is 14.6 Å². The first-order chi connectivity index (χ1) is 17.0. The number of benzene rings is 1. The number of nitrogens with one attached hydrogen (secondary N) is 1. The van der Waals surface area contributed by atoms with Crippen LogP contribution in [0.3, 0.4) is 0 Å². The highest BCUT2D eigenvalue weighted by Gasteiger charge is 2.15. The molecule has 1 amide bonds. The first kappa shape index (κ1) is 17.7. The van der Waals surface area contributed by atoms with Crippen molar-refractivity contribution < 1.29 is 20.2 Å². The van der Waals surface area contributed by atoms with Gasteiger partial charge in [0.1, 0.15) is 5.82 Å². The molecule has 0 atom stereocenters. The molecule has 0 fully saturated rings. The van der Waals surface area contributed by atoms with Crippen molar-refractivity contribution in [2.75, 3.05) is 11.1 Å². The zero-order chi connectivity index (χ0) is 26.6. The Morgan fingerprint density at radius 3 is 2.59 bits per heavy atom. The zero-order valence-electron chi connectivity index (χ0n) is 20.9. The van der Waals surface area contributed by atoms with E-state index >= 15 is 0 Å². The number of hydrogen-bond acceptors (Lipinski definition) is 7. The van der Waals surface area contributed by atoms with Gasteiger partial charge in [0, 0.05) is 30.5 Å². The molecule has 2 aromatic heterocycles. The number of aromatic nitrogens is 3. The topological polar surface area (TPSA) is 135 Å². The van der Waals surface area contributed by atoms with Gasteiger partial charge in [0.2, 0.25) is 5.91 Å². The highest BCUT2D eigenvalue weighted by atomic mass is 32.2. The monoisotopic (exact) mass is 452 g/mol. The summed E-state index contributed by atoms with van der Waals surface area (Å²) in [4.78, 5) is 38.5. The number of thioether (sulfide) groups is 1. The van der Waals surface area contributed by atoms with E-state index in [1.807, 2.05) is 0 Å². The van der Waals surface area contributed by atoms with E-state index in [1.165, 1.54) is 6.92 Å². The molecule has 32 heavy (non-hydrogen) atoms. The minimum Gasteiger partial charge on any atom is -0.481 e. The molecule has 162 valence electrons. The molecule has 0 saturated carbocycles. The molecule has 0 unspecified atom stereocenters. The molecule has 0 aliphatic heterocycles. The van der Waals surface area contributed by atoms with Crippen LogP contribution in [0.5, 0.6) is 0 Å². The highest BCUT2D eigenvalue weighted by molar-refractivity contribution is 7.98. The molecular formula is C22H20N6O3S. The third-order valence-electron chi connectivity index (χ3n) is 3.97. The number of carbonyl (C=O) groups is 2. The summed E-state index contributed by atoms with van der Waals surface area (Å²) in [7, 11) is 0. The molecule has 9 nitrogen and oxygen atoms in total.